The average Bonchev–Trinajstić information content (AvgIpc) is 2.22. The van der Waals surface area contributed by atoms with Gasteiger partial charge in [-0.15, -0.1) is 0 Å². The highest BCUT2D eigenvalue weighted by molar-refractivity contribution is 7.99. The highest BCUT2D eigenvalue weighted by atomic mass is 32.2. The minimum Gasteiger partial charge on any atom is -0.271 e. The first kappa shape index (κ1) is 13.4. The van der Waals surface area contributed by atoms with E-state index in [0.29, 0.717) is 12.0 Å². The van der Waals surface area contributed by atoms with Crippen LogP contribution in [0.5, 0.6) is 0 Å². The number of thioether (sulfide) groups is 1. The zero-order chi connectivity index (χ0) is 12.0. The summed E-state index contributed by atoms with van der Waals surface area (Å²) < 4.78 is 25.9. The van der Waals surface area contributed by atoms with Crippen molar-refractivity contribution in [2.75, 3.05) is 11.5 Å². The van der Waals surface area contributed by atoms with Gasteiger partial charge in [0.1, 0.15) is 11.6 Å². The van der Waals surface area contributed by atoms with Gasteiger partial charge in [0.2, 0.25) is 0 Å². The molecule has 0 radical (unpaired) electrons. The first-order chi connectivity index (χ1) is 7.65. The monoisotopic (exact) mass is 246 g/mol. The van der Waals surface area contributed by atoms with E-state index in [0.717, 1.165) is 17.6 Å². The van der Waals surface area contributed by atoms with Crippen molar-refractivity contribution in [2.24, 2.45) is 5.84 Å². The van der Waals surface area contributed by atoms with Gasteiger partial charge >= 0.3 is 0 Å². The molecule has 16 heavy (non-hydrogen) atoms. The first-order valence-electron chi connectivity index (χ1n) is 5.14. The molecule has 0 aliphatic carbocycles. The van der Waals surface area contributed by atoms with Gasteiger partial charge in [-0.25, -0.2) is 8.78 Å². The average molecular weight is 246 g/mol. The van der Waals surface area contributed by atoms with Gasteiger partial charge in [-0.2, -0.15) is 11.8 Å². The Balaban J connectivity index is 2.62. The van der Waals surface area contributed by atoms with Gasteiger partial charge < -0.3 is 0 Å². The molecule has 1 aromatic rings. The van der Waals surface area contributed by atoms with Crippen LogP contribution in [0.15, 0.2) is 18.2 Å². The molecule has 0 heterocycles. The molecule has 1 unspecified atom stereocenters. The van der Waals surface area contributed by atoms with E-state index in [9.17, 15) is 8.78 Å². The fraction of sp³-hybridized carbons (Fsp3) is 0.455. The Morgan fingerprint density at radius 2 is 1.94 bits per heavy atom. The molecule has 1 atom stereocenters. The van der Waals surface area contributed by atoms with Gasteiger partial charge in [-0.1, -0.05) is 6.92 Å². The van der Waals surface area contributed by atoms with E-state index in [1.165, 1.54) is 12.1 Å². The number of nitrogens with one attached hydrogen (secondary N) is 1. The van der Waals surface area contributed by atoms with E-state index in [2.05, 4.69) is 12.3 Å². The number of benzene rings is 1. The van der Waals surface area contributed by atoms with Crippen molar-refractivity contribution in [1.29, 1.82) is 0 Å². The summed E-state index contributed by atoms with van der Waals surface area (Å²) in [6.45, 7) is 2.06. The summed E-state index contributed by atoms with van der Waals surface area (Å²) in [4.78, 5) is 0. The van der Waals surface area contributed by atoms with Crippen LogP contribution in [0, 0.1) is 11.6 Å². The fourth-order valence-corrected chi connectivity index (χ4v) is 2.17. The van der Waals surface area contributed by atoms with Crippen LogP contribution < -0.4 is 11.3 Å². The van der Waals surface area contributed by atoms with Gasteiger partial charge in [0.15, 0.2) is 0 Å². The van der Waals surface area contributed by atoms with Crippen molar-refractivity contribution >= 4 is 11.8 Å². The number of hydrazine groups is 1. The van der Waals surface area contributed by atoms with E-state index in [4.69, 9.17) is 5.84 Å². The molecular formula is C11H16F2N2S. The number of halogens is 2. The molecule has 0 bridgehead atoms. The molecule has 0 aliphatic heterocycles. The Kier molecular flexibility index (Phi) is 5.73. The van der Waals surface area contributed by atoms with Gasteiger partial charge in [0.05, 0.1) is 0 Å². The minimum absolute atomic E-state index is 0.0335. The topological polar surface area (TPSA) is 38.0 Å². The number of hydrogen-bond donors (Lipinski definition) is 2. The molecule has 0 spiro atoms. The highest BCUT2D eigenvalue weighted by Crippen LogP contribution is 2.12. The number of nitrogens with two attached hydrogens (primary N) is 1. The summed E-state index contributed by atoms with van der Waals surface area (Å²) in [7, 11) is 0. The van der Waals surface area contributed by atoms with Gasteiger partial charge in [0.25, 0.3) is 0 Å². The van der Waals surface area contributed by atoms with Crippen molar-refractivity contribution in [2.45, 2.75) is 19.4 Å². The normalized spacial score (nSPS) is 12.8. The van der Waals surface area contributed by atoms with Crippen LogP contribution in [0.25, 0.3) is 0 Å². The zero-order valence-corrected chi connectivity index (χ0v) is 9.99. The van der Waals surface area contributed by atoms with Gasteiger partial charge in [-0.05, 0) is 29.9 Å². The van der Waals surface area contributed by atoms with Crippen LogP contribution in [0.2, 0.25) is 0 Å². The van der Waals surface area contributed by atoms with Crippen molar-refractivity contribution in [1.82, 2.24) is 5.43 Å². The summed E-state index contributed by atoms with van der Waals surface area (Å²) in [5.41, 5.74) is 3.28. The van der Waals surface area contributed by atoms with Crippen molar-refractivity contribution in [3.8, 4) is 0 Å². The molecule has 1 rings (SSSR count). The van der Waals surface area contributed by atoms with Crippen LogP contribution in [-0.2, 0) is 6.42 Å². The molecular weight excluding hydrogens is 230 g/mol. The Hall–Kier alpha value is -0.650. The Morgan fingerprint density at radius 3 is 2.44 bits per heavy atom. The largest absolute Gasteiger partial charge is 0.271 e. The van der Waals surface area contributed by atoms with Crippen LogP contribution in [-0.4, -0.2) is 17.5 Å². The number of hydrogen-bond acceptors (Lipinski definition) is 3. The maximum Gasteiger partial charge on any atom is 0.126 e. The van der Waals surface area contributed by atoms with E-state index in [-0.39, 0.29) is 6.04 Å². The second-order valence-electron chi connectivity index (χ2n) is 3.50. The number of rotatable bonds is 6. The van der Waals surface area contributed by atoms with Crippen molar-refractivity contribution < 1.29 is 8.78 Å². The lowest BCUT2D eigenvalue weighted by molar-refractivity contribution is 0.556. The molecule has 5 heteroatoms. The highest BCUT2D eigenvalue weighted by Gasteiger charge is 2.09. The summed E-state index contributed by atoms with van der Waals surface area (Å²) in [6.07, 6.45) is 0.526. The molecule has 0 aliphatic rings. The van der Waals surface area contributed by atoms with Crippen LogP contribution >= 0.6 is 11.8 Å². The van der Waals surface area contributed by atoms with E-state index in [1.54, 1.807) is 11.8 Å². The third-order valence-corrected chi connectivity index (χ3v) is 3.21. The third-order valence-electron chi connectivity index (χ3n) is 2.16. The Morgan fingerprint density at radius 1 is 1.31 bits per heavy atom. The molecule has 90 valence electrons. The van der Waals surface area contributed by atoms with E-state index >= 15 is 0 Å². The minimum atomic E-state index is -0.547. The zero-order valence-electron chi connectivity index (χ0n) is 9.17. The molecule has 0 fully saturated rings. The Labute approximate surface area is 98.6 Å². The van der Waals surface area contributed by atoms with Crippen LogP contribution in [0.3, 0.4) is 0 Å². The van der Waals surface area contributed by atoms with Crippen molar-refractivity contribution in [3.05, 3.63) is 35.4 Å². The maximum absolute atomic E-state index is 12.9. The molecule has 0 saturated heterocycles. The predicted octanol–water partition coefficient (Wildman–Crippen LogP) is 2.09. The molecule has 0 amide bonds. The van der Waals surface area contributed by atoms with Crippen LogP contribution in [0.1, 0.15) is 12.5 Å². The summed E-state index contributed by atoms with van der Waals surface area (Å²) in [6, 6.07) is 3.58. The summed E-state index contributed by atoms with van der Waals surface area (Å²) >= 11 is 1.74. The maximum atomic E-state index is 12.9. The smallest absolute Gasteiger partial charge is 0.126 e. The molecule has 2 nitrogen and oxygen atoms in total. The lowest BCUT2D eigenvalue weighted by atomic mass is 10.1. The molecule has 3 N–H and O–H groups in total. The van der Waals surface area contributed by atoms with E-state index in [1.807, 2.05) is 0 Å². The summed E-state index contributed by atoms with van der Waals surface area (Å²) in [5, 5.41) is 0. The predicted molar refractivity (Wildman–Crippen MR) is 64.2 cm³/mol. The lowest BCUT2D eigenvalue weighted by Crippen LogP contribution is -2.38. The second-order valence-corrected chi connectivity index (χ2v) is 4.82. The van der Waals surface area contributed by atoms with Gasteiger partial charge in [-0.3, -0.25) is 11.3 Å². The fourth-order valence-electron chi connectivity index (χ4n) is 1.44. The lowest BCUT2D eigenvalue weighted by Gasteiger charge is -2.15. The SMILES string of the molecule is CCSCC(Cc1cc(F)cc(F)c1)NN. The quantitative estimate of drug-likeness (QED) is 0.596. The second kappa shape index (κ2) is 6.83. The van der Waals surface area contributed by atoms with E-state index < -0.39 is 11.6 Å². The standard InChI is InChI=1S/C11H16F2N2S/c1-2-16-7-11(15-14)5-8-3-9(12)6-10(13)4-8/h3-4,6,11,15H,2,5,7,14H2,1H3. The molecule has 1 aromatic carbocycles. The summed E-state index contributed by atoms with van der Waals surface area (Å²) in [5.74, 6) is 6.11. The Bertz CT molecular complexity index is 314. The van der Waals surface area contributed by atoms with Crippen molar-refractivity contribution in [3.63, 3.8) is 0 Å². The molecule has 0 saturated carbocycles. The first-order valence-corrected chi connectivity index (χ1v) is 6.30. The third kappa shape index (κ3) is 4.47. The molecule has 0 aromatic heterocycles. The van der Waals surface area contributed by atoms with Gasteiger partial charge in [0, 0.05) is 17.9 Å². The van der Waals surface area contributed by atoms with Crippen LogP contribution in [0.4, 0.5) is 8.78 Å².